The zero-order valence-electron chi connectivity index (χ0n) is 16.1. The molecular weight excluding hydrogens is 322 g/mol. The van der Waals surface area contributed by atoms with Gasteiger partial charge in [0.1, 0.15) is 0 Å². The molecule has 1 aromatic carbocycles. The van der Waals surface area contributed by atoms with Gasteiger partial charge in [-0.15, -0.1) is 0 Å². The summed E-state index contributed by atoms with van der Waals surface area (Å²) in [6.07, 6.45) is 12.0. The lowest BCUT2D eigenvalue weighted by atomic mass is 9.84. The molecule has 3 aliphatic rings. The van der Waals surface area contributed by atoms with E-state index in [-0.39, 0.29) is 5.92 Å². The summed E-state index contributed by atoms with van der Waals surface area (Å²) in [5.74, 6) is 0.215. The van der Waals surface area contributed by atoms with Crippen LogP contribution in [0.25, 0.3) is 6.08 Å². The van der Waals surface area contributed by atoms with E-state index in [1.807, 2.05) is 0 Å². The Balaban J connectivity index is 1.40. The van der Waals surface area contributed by atoms with Gasteiger partial charge in [-0.25, -0.2) is 0 Å². The lowest BCUT2D eigenvalue weighted by Gasteiger charge is -2.40. The van der Waals surface area contributed by atoms with E-state index in [1.54, 1.807) is 12.7 Å². The van der Waals surface area contributed by atoms with Crippen LogP contribution in [0.3, 0.4) is 0 Å². The van der Waals surface area contributed by atoms with Crippen LogP contribution in [0.1, 0.15) is 62.5 Å². The van der Waals surface area contributed by atoms with Crippen molar-refractivity contribution in [3.05, 3.63) is 41.0 Å². The van der Waals surface area contributed by atoms with Crippen molar-refractivity contribution in [2.45, 2.75) is 63.0 Å². The van der Waals surface area contributed by atoms with E-state index in [9.17, 15) is 5.11 Å². The number of rotatable bonds is 5. The van der Waals surface area contributed by atoms with Crippen LogP contribution in [-0.2, 0) is 10.3 Å². The third kappa shape index (κ3) is 3.62. The minimum Gasteiger partial charge on any atom is -0.385 e. The Morgan fingerprint density at radius 1 is 1.12 bits per heavy atom. The normalized spacial score (nSPS) is 30.4. The number of nitrogens with zero attached hydrogens (tertiary/aromatic N) is 1. The molecule has 0 aromatic heterocycles. The summed E-state index contributed by atoms with van der Waals surface area (Å²) in [4.78, 5) is 2.69. The van der Waals surface area contributed by atoms with Crippen molar-refractivity contribution in [3.8, 4) is 0 Å². The first kappa shape index (κ1) is 18.2. The Labute approximate surface area is 158 Å². The second-order valence-electron chi connectivity index (χ2n) is 8.51. The minimum absolute atomic E-state index is 0.215. The number of methoxy groups -OCH3 is 1. The fourth-order valence-corrected chi connectivity index (χ4v) is 5.04. The molecule has 0 spiro atoms. The third-order valence-electron chi connectivity index (χ3n) is 6.97. The van der Waals surface area contributed by atoms with E-state index in [0.717, 1.165) is 30.9 Å². The summed E-state index contributed by atoms with van der Waals surface area (Å²) >= 11 is 0. The topological polar surface area (TPSA) is 32.7 Å². The molecular formula is C23H33NO2. The Kier molecular flexibility index (Phi) is 5.49. The zero-order valence-corrected chi connectivity index (χ0v) is 16.1. The van der Waals surface area contributed by atoms with Crippen LogP contribution in [0.15, 0.2) is 29.8 Å². The molecule has 1 aliphatic heterocycles. The average Bonchev–Trinajstić information content (AvgIpc) is 2.98. The number of benzene rings is 1. The Morgan fingerprint density at radius 3 is 2.46 bits per heavy atom. The Hall–Kier alpha value is -1.16. The van der Waals surface area contributed by atoms with Crippen molar-refractivity contribution in [3.63, 3.8) is 0 Å². The molecule has 142 valence electrons. The summed E-state index contributed by atoms with van der Waals surface area (Å²) in [5.41, 5.74) is 3.19. The van der Waals surface area contributed by atoms with Gasteiger partial charge in [0.05, 0.1) is 12.2 Å². The summed E-state index contributed by atoms with van der Waals surface area (Å²) in [6.45, 7) is 3.10. The molecule has 2 unspecified atom stereocenters. The van der Waals surface area contributed by atoms with Crippen molar-refractivity contribution in [1.29, 1.82) is 0 Å². The van der Waals surface area contributed by atoms with Gasteiger partial charge in [0.25, 0.3) is 0 Å². The molecule has 3 nitrogen and oxygen atoms in total. The van der Waals surface area contributed by atoms with E-state index >= 15 is 0 Å². The summed E-state index contributed by atoms with van der Waals surface area (Å²) in [6, 6.07) is 9.50. The standard InChI is InChI=1S/C23H33NO2/c1-26-17-21-4-3-13-23(21,25)20-9-7-18(8-10-20)16-19-11-14-24(15-12-19)22-5-2-6-22/h7-10,16,21-22,25H,2-6,11-15,17H2,1H3. The van der Waals surface area contributed by atoms with Gasteiger partial charge >= 0.3 is 0 Å². The first-order chi connectivity index (χ1) is 12.7. The van der Waals surface area contributed by atoms with Crippen molar-refractivity contribution in [1.82, 2.24) is 4.90 Å². The van der Waals surface area contributed by atoms with Gasteiger partial charge in [-0.05, 0) is 56.1 Å². The van der Waals surface area contributed by atoms with Crippen LogP contribution >= 0.6 is 0 Å². The highest BCUT2D eigenvalue weighted by Crippen LogP contribution is 2.43. The quantitative estimate of drug-likeness (QED) is 0.852. The van der Waals surface area contributed by atoms with E-state index in [1.165, 1.54) is 50.8 Å². The van der Waals surface area contributed by atoms with Crippen molar-refractivity contribution in [2.24, 2.45) is 5.92 Å². The number of piperidine rings is 1. The monoisotopic (exact) mass is 355 g/mol. The smallest absolute Gasteiger partial charge is 0.0946 e. The van der Waals surface area contributed by atoms with Gasteiger partial charge in [-0.2, -0.15) is 0 Å². The molecule has 2 aliphatic carbocycles. The van der Waals surface area contributed by atoms with Gasteiger partial charge in [0.15, 0.2) is 0 Å². The number of aliphatic hydroxyl groups is 1. The number of hydrogen-bond donors (Lipinski definition) is 1. The number of likely N-dealkylation sites (tertiary alicyclic amines) is 1. The molecule has 3 heteroatoms. The van der Waals surface area contributed by atoms with E-state index in [2.05, 4.69) is 35.2 Å². The van der Waals surface area contributed by atoms with Gasteiger partial charge in [0.2, 0.25) is 0 Å². The largest absolute Gasteiger partial charge is 0.385 e. The molecule has 0 radical (unpaired) electrons. The molecule has 4 rings (SSSR count). The molecule has 1 saturated heterocycles. The van der Waals surface area contributed by atoms with Crippen LogP contribution in [0, 0.1) is 5.92 Å². The molecule has 0 amide bonds. The molecule has 1 N–H and O–H groups in total. The molecule has 1 heterocycles. The number of ether oxygens (including phenoxy) is 1. The Bertz CT molecular complexity index is 624. The summed E-state index contributed by atoms with van der Waals surface area (Å²) in [5, 5.41) is 11.2. The van der Waals surface area contributed by atoms with Gasteiger partial charge < -0.3 is 9.84 Å². The second kappa shape index (κ2) is 7.84. The molecule has 2 saturated carbocycles. The Morgan fingerprint density at radius 2 is 1.85 bits per heavy atom. The van der Waals surface area contributed by atoms with Gasteiger partial charge in [0, 0.05) is 32.2 Å². The van der Waals surface area contributed by atoms with Crippen LogP contribution in [0.4, 0.5) is 0 Å². The maximum Gasteiger partial charge on any atom is 0.0946 e. The van der Waals surface area contributed by atoms with E-state index < -0.39 is 5.60 Å². The lowest BCUT2D eigenvalue weighted by molar-refractivity contribution is -0.0317. The molecule has 1 aromatic rings. The van der Waals surface area contributed by atoms with Crippen molar-refractivity contribution in [2.75, 3.05) is 26.8 Å². The third-order valence-corrected chi connectivity index (χ3v) is 6.97. The maximum atomic E-state index is 11.2. The number of hydrogen-bond acceptors (Lipinski definition) is 3. The first-order valence-electron chi connectivity index (χ1n) is 10.4. The zero-order chi connectivity index (χ0) is 18.0. The highest BCUT2D eigenvalue weighted by atomic mass is 16.5. The van der Waals surface area contributed by atoms with Crippen molar-refractivity contribution >= 4 is 6.08 Å². The van der Waals surface area contributed by atoms with Crippen LogP contribution < -0.4 is 0 Å². The molecule has 26 heavy (non-hydrogen) atoms. The maximum absolute atomic E-state index is 11.2. The SMILES string of the molecule is COCC1CCCC1(O)c1ccc(C=C2CCN(C3CCC3)CC2)cc1. The highest BCUT2D eigenvalue weighted by molar-refractivity contribution is 5.54. The van der Waals surface area contributed by atoms with Gasteiger partial charge in [-0.3, -0.25) is 4.90 Å². The fourth-order valence-electron chi connectivity index (χ4n) is 5.04. The van der Waals surface area contributed by atoms with E-state index in [4.69, 9.17) is 4.74 Å². The first-order valence-corrected chi connectivity index (χ1v) is 10.4. The predicted molar refractivity (Wildman–Crippen MR) is 106 cm³/mol. The van der Waals surface area contributed by atoms with Crippen molar-refractivity contribution < 1.29 is 9.84 Å². The fraction of sp³-hybridized carbons (Fsp3) is 0.652. The predicted octanol–water partition coefficient (Wildman–Crippen LogP) is 4.35. The average molecular weight is 356 g/mol. The van der Waals surface area contributed by atoms with E-state index in [0.29, 0.717) is 6.61 Å². The molecule has 3 fully saturated rings. The lowest BCUT2D eigenvalue weighted by Crippen LogP contribution is -2.43. The summed E-state index contributed by atoms with van der Waals surface area (Å²) in [7, 11) is 1.73. The van der Waals surface area contributed by atoms with Crippen LogP contribution in [0.5, 0.6) is 0 Å². The minimum atomic E-state index is -0.713. The second-order valence-corrected chi connectivity index (χ2v) is 8.51. The molecule has 0 bridgehead atoms. The molecule has 2 atom stereocenters. The van der Waals surface area contributed by atoms with Gasteiger partial charge in [-0.1, -0.05) is 42.3 Å². The summed E-state index contributed by atoms with van der Waals surface area (Å²) < 4.78 is 5.33. The van der Waals surface area contributed by atoms with Crippen LogP contribution in [0.2, 0.25) is 0 Å². The highest BCUT2D eigenvalue weighted by Gasteiger charge is 2.42. The van der Waals surface area contributed by atoms with Crippen LogP contribution in [-0.4, -0.2) is 42.9 Å².